The second-order valence-electron chi connectivity index (χ2n) is 6.57. The molecule has 1 aromatic rings. The van der Waals surface area contributed by atoms with Crippen molar-refractivity contribution in [3.05, 3.63) is 27.7 Å². The zero-order chi connectivity index (χ0) is 17.7. The summed E-state index contributed by atoms with van der Waals surface area (Å²) >= 11 is 12.0. The lowest BCUT2D eigenvalue weighted by molar-refractivity contribution is -0.142. The average Bonchev–Trinajstić information content (AvgIpc) is 2.94. The van der Waals surface area contributed by atoms with Gasteiger partial charge in [-0.05, 0) is 50.3 Å². The molecule has 0 aromatic heterocycles. The van der Waals surface area contributed by atoms with Gasteiger partial charge in [0.1, 0.15) is 5.54 Å². The highest BCUT2D eigenvalue weighted by Crippen LogP contribution is 2.42. The Bertz CT molecular complexity index is 797. The van der Waals surface area contributed by atoms with Gasteiger partial charge in [-0.15, -0.1) is 0 Å². The molecule has 132 valence electrons. The van der Waals surface area contributed by atoms with Crippen LogP contribution >= 0.6 is 23.2 Å². The van der Waals surface area contributed by atoms with Gasteiger partial charge < -0.3 is 4.90 Å². The lowest BCUT2D eigenvalue weighted by atomic mass is 9.87. The number of rotatable bonds is 2. The van der Waals surface area contributed by atoms with E-state index in [-0.39, 0.29) is 15.8 Å². The Morgan fingerprint density at radius 2 is 1.67 bits per heavy atom. The van der Waals surface area contributed by atoms with E-state index in [1.54, 1.807) is 24.9 Å². The van der Waals surface area contributed by atoms with E-state index in [9.17, 15) is 13.2 Å². The van der Waals surface area contributed by atoms with Crippen LogP contribution in [0.4, 0.5) is 0 Å². The van der Waals surface area contributed by atoms with Crippen molar-refractivity contribution in [2.24, 2.45) is 0 Å². The SMILES string of the molecule is Cc1cc(Cl)c(Cl)cc1S(=O)(=O)N1CCCC12CCCN(C)C2=O. The highest BCUT2D eigenvalue weighted by atomic mass is 35.5. The van der Waals surface area contributed by atoms with Crippen LogP contribution in [-0.2, 0) is 14.8 Å². The molecule has 2 fully saturated rings. The summed E-state index contributed by atoms with van der Waals surface area (Å²) in [6.45, 7) is 2.70. The molecule has 8 heteroatoms. The van der Waals surface area contributed by atoms with Gasteiger partial charge in [-0.25, -0.2) is 8.42 Å². The zero-order valence-electron chi connectivity index (χ0n) is 13.7. The van der Waals surface area contributed by atoms with E-state index in [2.05, 4.69) is 0 Å². The fourth-order valence-electron chi connectivity index (χ4n) is 3.86. The predicted molar refractivity (Wildman–Crippen MR) is 93.9 cm³/mol. The fraction of sp³-hybridized carbons (Fsp3) is 0.562. The molecule has 2 heterocycles. The van der Waals surface area contributed by atoms with Crippen molar-refractivity contribution < 1.29 is 13.2 Å². The number of likely N-dealkylation sites (N-methyl/N-ethyl adjacent to an activating group) is 1. The van der Waals surface area contributed by atoms with Crippen molar-refractivity contribution in [1.29, 1.82) is 0 Å². The van der Waals surface area contributed by atoms with Crippen LogP contribution in [0.25, 0.3) is 0 Å². The third-order valence-electron chi connectivity index (χ3n) is 5.04. The molecule has 1 atom stereocenters. The number of halogens is 2. The maximum Gasteiger partial charge on any atom is 0.244 e. The fourth-order valence-corrected chi connectivity index (χ4v) is 6.37. The molecule has 2 aliphatic heterocycles. The quantitative estimate of drug-likeness (QED) is 0.779. The van der Waals surface area contributed by atoms with Gasteiger partial charge in [-0.1, -0.05) is 23.2 Å². The maximum atomic E-state index is 13.3. The summed E-state index contributed by atoms with van der Waals surface area (Å²) < 4.78 is 28.0. The summed E-state index contributed by atoms with van der Waals surface area (Å²) in [5.41, 5.74) is -0.423. The van der Waals surface area contributed by atoms with Crippen LogP contribution in [0.1, 0.15) is 31.2 Å². The van der Waals surface area contributed by atoms with Crippen LogP contribution in [0, 0.1) is 6.92 Å². The van der Waals surface area contributed by atoms with Crippen molar-refractivity contribution in [2.75, 3.05) is 20.1 Å². The Morgan fingerprint density at radius 3 is 2.33 bits per heavy atom. The number of hydrogen-bond donors (Lipinski definition) is 0. The van der Waals surface area contributed by atoms with Crippen LogP contribution in [0.2, 0.25) is 10.0 Å². The molecule has 5 nitrogen and oxygen atoms in total. The number of likely N-dealkylation sites (tertiary alicyclic amines) is 1. The molecule has 0 saturated carbocycles. The van der Waals surface area contributed by atoms with Gasteiger partial charge in [0.25, 0.3) is 0 Å². The van der Waals surface area contributed by atoms with Gasteiger partial charge >= 0.3 is 0 Å². The minimum absolute atomic E-state index is 0.104. The van der Waals surface area contributed by atoms with Crippen LogP contribution < -0.4 is 0 Å². The van der Waals surface area contributed by atoms with Crippen LogP contribution in [0.5, 0.6) is 0 Å². The van der Waals surface area contributed by atoms with E-state index < -0.39 is 15.6 Å². The van der Waals surface area contributed by atoms with Crippen LogP contribution in [0.15, 0.2) is 17.0 Å². The zero-order valence-corrected chi connectivity index (χ0v) is 16.0. The number of benzene rings is 1. The molecule has 0 aliphatic carbocycles. The summed E-state index contributed by atoms with van der Waals surface area (Å²) in [5, 5.41) is 0.513. The standard InChI is InChI=1S/C16H20Cl2N2O3S/c1-11-9-12(17)13(18)10-14(11)24(22,23)20-8-4-6-16(20)5-3-7-19(2)15(16)21/h9-10H,3-8H2,1-2H3. The third-order valence-corrected chi connectivity index (χ3v) is 7.87. The Kier molecular flexibility index (Phi) is 4.62. The highest BCUT2D eigenvalue weighted by Gasteiger charge is 2.55. The molecule has 2 saturated heterocycles. The summed E-state index contributed by atoms with van der Waals surface area (Å²) in [6.07, 6.45) is 2.61. The largest absolute Gasteiger partial charge is 0.344 e. The molecule has 1 unspecified atom stereocenters. The van der Waals surface area contributed by atoms with Crippen molar-refractivity contribution in [1.82, 2.24) is 9.21 Å². The molecule has 24 heavy (non-hydrogen) atoms. The topological polar surface area (TPSA) is 57.7 Å². The summed E-state index contributed by atoms with van der Waals surface area (Å²) in [7, 11) is -2.10. The average molecular weight is 391 g/mol. The first kappa shape index (κ1) is 18.0. The van der Waals surface area contributed by atoms with Gasteiger partial charge in [-0.2, -0.15) is 4.31 Å². The van der Waals surface area contributed by atoms with E-state index >= 15 is 0 Å². The lowest BCUT2D eigenvalue weighted by Crippen LogP contribution is -2.60. The smallest absolute Gasteiger partial charge is 0.244 e. The Balaban J connectivity index is 2.10. The molecule has 0 N–H and O–H groups in total. The number of carbonyl (C=O) groups is 1. The van der Waals surface area contributed by atoms with Gasteiger partial charge in [-0.3, -0.25) is 4.79 Å². The minimum Gasteiger partial charge on any atom is -0.344 e. The van der Waals surface area contributed by atoms with Gasteiger partial charge in [0, 0.05) is 20.1 Å². The molecule has 1 aromatic carbocycles. The number of amides is 1. The van der Waals surface area contributed by atoms with Crippen molar-refractivity contribution in [3.8, 4) is 0 Å². The normalized spacial score (nSPS) is 25.7. The Labute approximate surface area is 152 Å². The first-order chi connectivity index (χ1) is 11.2. The van der Waals surface area contributed by atoms with Crippen LogP contribution in [0.3, 0.4) is 0 Å². The summed E-state index contributed by atoms with van der Waals surface area (Å²) in [6, 6.07) is 2.94. The molecule has 2 aliphatic rings. The molecule has 1 spiro atoms. The van der Waals surface area contributed by atoms with Crippen molar-refractivity contribution in [3.63, 3.8) is 0 Å². The Hall–Kier alpha value is -0.820. The molecular formula is C16H20Cl2N2O3S. The lowest BCUT2D eigenvalue weighted by Gasteiger charge is -2.42. The van der Waals surface area contributed by atoms with Crippen molar-refractivity contribution >= 4 is 39.1 Å². The van der Waals surface area contributed by atoms with Gasteiger partial charge in [0.05, 0.1) is 14.9 Å². The molecule has 0 radical (unpaired) electrons. The monoisotopic (exact) mass is 390 g/mol. The number of carbonyl (C=O) groups excluding carboxylic acids is 1. The number of sulfonamides is 1. The van der Waals surface area contributed by atoms with Gasteiger partial charge in [0.2, 0.25) is 15.9 Å². The van der Waals surface area contributed by atoms with E-state index in [0.717, 1.165) is 6.42 Å². The number of aryl methyl sites for hydroxylation is 1. The molecule has 1 amide bonds. The van der Waals surface area contributed by atoms with Gasteiger partial charge in [0.15, 0.2) is 0 Å². The predicted octanol–water partition coefficient (Wildman–Crippen LogP) is 3.08. The maximum absolute atomic E-state index is 13.3. The van der Waals surface area contributed by atoms with E-state index in [1.807, 2.05) is 0 Å². The second kappa shape index (κ2) is 6.16. The number of nitrogens with zero attached hydrogens (tertiary/aromatic N) is 2. The first-order valence-corrected chi connectivity index (χ1v) is 10.1. The first-order valence-electron chi connectivity index (χ1n) is 7.94. The second-order valence-corrected chi connectivity index (χ2v) is 9.22. The molecular weight excluding hydrogens is 371 g/mol. The van der Waals surface area contributed by atoms with E-state index in [4.69, 9.17) is 23.2 Å². The minimum atomic E-state index is -3.83. The Morgan fingerprint density at radius 1 is 1.08 bits per heavy atom. The number of piperidine rings is 1. The number of hydrogen-bond acceptors (Lipinski definition) is 3. The third kappa shape index (κ3) is 2.64. The van der Waals surface area contributed by atoms with E-state index in [1.165, 1.54) is 10.4 Å². The van der Waals surface area contributed by atoms with E-state index in [0.29, 0.717) is 42.9 Å². The molecule has 0 bridgehead atoms. The van der Waals surface area contributed by atoms with Crippen molar-refractivity contribution in [2.45, 2.75) is 43.0 Å². The molecule has 3 rings (SSSR count). The summed E-state index contributed by atoms with van der Waals surface area (Å²) in [5.74, 6) is -0.104. The van der Waals surface area contributed by atoms with Crippen LogP contribution in [-0.4, -0.2) is 49.2 Å². The summed E-state index contributed by atoms with van der Waals surface area (Å²) in [4.78, 5) is 14.6. The highest BCUT2D eigenvalue weighted by molar-refractivity contribution is 7.89.